The van der Waals surface area contributed by atoms with Gasteiger partial charge in [0.1, 0.15) is 6.10 Å². The molecule has 0 radical (unpaired) electrons. The highest BCUT2D eigenvalue weighted by atomic mass is 16.5. The summed E-state index contributed by atoms with van der Waals surface area (Å²) in [5, 5.41) is 9.37. The van der Waals surface area contributed by atoms with Crippen molar-refractivity contribution in [2.45, 2.75) is 25.4 Å². The molecule has 2 aromatic carbocycles. The van der Waals surface area contributed by atoms with Crippen LogP contribution in [0.15, 0.2) is 60.7 Å². The van der Waals surface area contributed by atoms with Gasteiger partial charge in [-0.2, -0.15) is 0 Å². The lowest BCUT2D eigenvalue weighted by molar-refractivity contribution is -0.165. The number of hydrogen-bond donors (Lipinski definition) is 1. The summed E-state index contributed by atoms with van der Waals surface area (Å²) >= 11 is 0. The van der Waals surface area contributed by atoms with Crippen molar-refractivity contribution in [1.29, 1.82) is 0 Å². The Morgan fingerprint density at radius 2 is 1.58 bits per heavy atom. The first kappa shape index (κ1) is 16.2. The van der Waals surface area contributed by atoms with Gasteiger partial charge in [-0.25, -0.2) is 0 Å². The third kappa shape index (κ3) is 3.18. The van der Waals surface area contributed by atoms with Crippen molar-refractivity contribution in [3.8, 4) is 0 Å². The maximum atomic E-state index is 12.5. The third-order valence-electron chi connectivity index (χ3n) is 4.74. The minimum absolute atomic E-state index is 0.320. The molecule has 4 atom stereocenters. The van der Waals surface area contributed by atoms with E-state index >= 15 is 0 Å². The fourth-order valence-electron chi connectivity index (χ4n) is 3.34. The van der Waals surface area contributed by atoms with Gasteiger partial charge in [-0.3, -0.25) is 9.59 Å². The van der Waals surface area contributed by atoms with Crippen molar-refractivity contribution in [3.63, 3.8) is 0 Å². The molecule has 4 heteroatoms. The summed E-state index contributed by atoms with van der Waals surface area (Å²) in [6, 6.07) is 18.9. The van der Waals surface area contributed by atoms with Crippen LogP contribution in [0.3, 0.4) is 0 Å². The molecule has 0 aromatic heterocycles. The minimum Gasteiger partial charge on any atom is -0.481 e. The molecule has 4 nitrogen and oxygen atoms in total. The Bertz CT molecular complexity index is 711. The number of rotatable bonds is 5. The summed E-state index contributed by atoms with van der Waals surface area (Å²) in [7, 11) is 0. The number of hydrogen-bond acceptors (Lipinski definition) is 3. The molecular weight excluding hydrogens is 304 g/mol. The molecule has 1 saturated carbocycles. The van der Waals surface area contributed by atoms with Crippen LogP contribution >= 0.6 is 0 Å². The number of carbonyl (C=O) groups is 2. The first-order chi connectivity index (χ1) is 11.6. The SMILES string of the molecule is C[C@H](OC(=O)C1CC(C(=O)O)C1c1ccccc1)c1ccccc1. The molecule has 3 unspecified atom stereocenters. The summed E-state index contributed by atoms with van der Waals surface area (Å²) in [5.74, 6) is -2.43. The van der Waals surface area contributed by atoms with Gasteiger partial charge in [0.25, 0.3) is 0 Å². The number of carboxylic acid groups (broad SMARTS) is 1. The highest BCUT2D eigenvalue weighted by Crippen LogP contribution is 2.48. The zero-order valence-corrected chi connectivity index (χ0v) is 13.5. The first-order valence-electron chi connectivity index (χ1n) is 8.11. The molecule has 1 N–H and O–H groups in total. The summed E-state index contributed by atoms with van der Waals surface area (Å²) in [6.45, 7) is 1.83. The van der Waals surface area contributed by atoms with Crippen LogP contribution in [0.2, 0.25) is 0 Å². The van der Waals surface area contributed by atoms with Crippen molar-refractivity contribution >= 4 is 11.9 Å². The second-order valence-electron chi connectivity index (χ2n) is 6.21. The molecule has 1 aliphatic carbocycles. The van der Waals surface area contributed by atoms with Gasteiger partial charge >= 0.3 is 11.9 Å². The van der Waals surface area contributed by atoms with E-state index in [2.05, 4.69) is 0 Å². The molecule has 0 spiro atoms. The van der Waals surface area contributed by atoms with Gasteiger partial charge < -0.3 is 9.84 Å². The van der Waals surface area contributed by atoms with E-state index in [0.717, 1.165) is 11.1 Å². The van der Waals surface area contributed by atoms with Gasteiger partial charge in [0, 0.05) is 5.92 Å². The van der Waals surface area contributed by atoms with E-state index in [4.69, 9.17) is 4.74 Å². The highest BCUT2D eigenvalue weighted by Gasteiger charge is 2.50. The van der Waals surface area contributed by atoms with Crippen LogP contribution in [0.25, 0.3) is 0 Å². The van der Waals surface area contributed by atoms with Crippen molar-refractivity contribution < 1.29 is 19.4 Å². The Kier molecular flexibility index (Phi) is 4.65. The Morgan fingerprint density at radius 3 is 2.17 bits per heavy atom. The standard InChI is InChI=1S/C20H20O4/c1-13(14-8-4-2-5-9-14)24-20(23)17-12-16(19(21)22)18(17)15-10-6-3-7-11-15/h2-11,13,16-18H,12H2,1H3,(H,21,22)/t13-,16?,17?,18?/m0/s1. The molecule has 2 aromatic rings. The van der Waals surface area contributed by atoms with Crippen LogP contribution in [0.4, 0.5) is 0 Å². The molecule has 0 aliphatic heterocycles. The van der Waals surface area contributed by atoms with Crippen molar-refractivity contribution in [2.75, 3.05) is 0 Å². The molecule has 1 fully saturated rings. The van der Waals surface area contributed by atoms with Crippen molar-refractivity contribution in [2.24, 2.45) is 11.8 Å². The average Bonchev–Trinajstić information content (AvgIpc) is 2.55. The normalized spacial score (nSPS) is 23.8. The minimum atomic E-state index is -0.857. The maximum absolute atomic E-state index is 12.5. The predicted octanol–water partition coefficient (Wildman–Crippen LogP) is 3.80. The van der Waals surface area contributed by atoms with Gasteiger partial charge in [-0.1, -0.05) is 60.7 Å². The van der Waals surface area contributed by atoms with E-state index in [1.54, 1.807) is 0 Å². The van der Waals surface area contributed by atoms with Crippen LogP contribution in [-0.2, 0) is 14.3 Å². The fourth-order valence-corrected chi connectivity index (χ4v) is 3.34. The summed E-state index contributed by atoms with van der Waals surface area (Å²) in [5.41, 5.74) is 1.81. The fraction of sp³-hybridized carbons (Fsp3) is 0.300. The summed E-state index contributed by atoms with van der Waals surface area (Å²) < 4.78 is 5.59. The Balaban J connectivity index is 1.73. The number of ether oxygens (including phenoxy) is 1. The largest absolute Gasteiger partial charge is 0.481 e. The van der Waals surface area contributed by atoms with Crippen LogP contribution < -0.4 is 0 Å². The molecule has 24 heavy (non-hydrogen) atoms. The molecular formula is C20H20O4. The van der Waals surface area contributed by atoms with E-state index < -0.39 is 17.8 Å². The second-order valence-corrected chi connectivity index (χ2v) is 6.21. The lowest BCUT2D eigenvalue weighted by atomic mass is 9.62. The molecule has 0 saturated heterocycles. The highest BCUT2D eigenvalue weighted by molar-refractivity contribution is 5.82. The van der Waals surface area contributed by atoms with Crippen molar-refractivity contribution in [1.82, 2.24) is 0 Å². The summed E-state index contributed by atoms with van der Waals surface area (Å²) in [4.78, 5) is 24.0. The lowest BCUT2D eigenvalue weighted by Crippen LogP contribution is -2.44. The predicted molar refractivity (Wildman–Crippen MR) is 89.4 cm³/mol. The number of esters is 1. The molecule has 124 valence electrons. The maximum Gasteiger partial charge on any atom is 0.310 e. The number of aliphatic carboxylic acids is 1. The zero-order valence-electron chi connectivity index (χ0n) is 13.5. The van der Waals surface area contributed by atoms with Crippen LogP contribution in [0.1, 0.15) is 36.5 Å². The van der Waals surface area contributed by atoms with E-state index in [-0.39, 0.29) is 18.0 Å². The van der Waals surface area contributed by atoms with Crippen LogP contribution in [-0.4, -0.2) is 17.0 Å². The number of benzene rings is 2. The Labute approximate surface area is 141 Å². The lowest BCUT2D eigenvalue weighted by Gasteiger charge is -2.41. The zero-order chi connectivity index (χ0) is 17.1. The van der Waals surface area contributed by atoms with Gasteiger partial charge in [0.05, 0.1) is 11.8 Å². The monoisotopic (exact) mass is 324 g/mol. The molecule has 0 heterocycles. The van der Waals surface area contributed by atoms with Gasteiger partial charge in [-0.15, -0.1) is 0 Å². The van der Waals surface area contributed by atoms with E-state index in [1.165, 1.54) is 0 Å². The van der Waals surface area contributed by atoms with Crippen LogP contribution in [0, 0.1) is 11.8 Å². The molecule has 3 rings (SSSR count). The van der Waals surface area contributed by atoms with E-state index in [1.807, 2.05) is 67.6 Å². The number of carboxylic acids is 1. The van der Waals surface area contributed by atoms with E-state index in [9.17, 15) is 14.7 Å². The van der Waals surface area contributed by atoms with E-state index in [0.29, 0.717) is 6.42 Å². The quantitative estimate of drug-likeness (QED) is 0.850. The van der Waals surface area contributed by atoms with Crippen LogP contribution in [0.5, 0.6) is 0 Å². The smallest absolute Gasteiger partial charge is 0.310 e. The van der Waals surface area contributed by atoms with Crippen molar-refractivity contribution in [3.05, 3.63) is 71.8 Å². The number of carbonyl (C=O) groups excluding carboxylic acids is 1. The average molecular weight is 324 g/mol. The third-order valence-corrected chi connectivity index (χ3v) is 4.74. The first-order valence-corrected chi connectivity index (χ1v) is 8.11. The molecule has 0 amide bonds. The van der Waals surface area contributed by atoms with Gasteiger partial charge in [0.2, 0.25) is 0 Å². The van der Waals surface area contributed by atoms with Gasteiger partial charge in [0.15, 0.2) is 0 Å². The molecule has 0 bridgehead atoms. The Hall–Kier alpha value is -2.62. The Morgan fingerprint density at radius 1 is 1.00 bits per heavy atom. The molecule has 1 aliphatic rings. The van der Waals surface area contributed by atoms with Gasteiger partial charge in [-0.05, 0) is 24.5 Å². The second kappa shape index (κ2) is 6.87. The topological polar surface area (TPSA) is 63.6 Å². The summed E-state index contributed by atoms with van der Waals surface area (Å²) in [6.07, 6.45) is -0.0195.